The Morgan fingerprint density at radius 3 is 2.86 bits per heavy atom. The van der Waals surface area contributed by atoms with Crippen LogP contribution >= 0.6 is 22.9 Å². The second-order valence-electron chi connectivity index (χ2n) is 5.59. The van der Waals surface area contributed by atoms with Crippen LogP contribution in [0.5, 0.6) is 0 Å². The van der Waals surface area contributed by atoms with Crippen LogP contribution in [0.4, 0.5) is 0 Å². The van der Waals surface area contributed by atoms with Crippen LogP contribution < -0.4 is 0 Å². The molecule has 1 aromatic heterocycles. The highest BCUT2D eigenvalue weighted by atomic mass is 35.5. The van der Waals surface area contributed by atoms with Crippen LogP contribution in [0.2, 0.25) is 5.02 Å². The molecule has 1 aliphatic rings. The molecule has 1 unspecified atom stereocenters. The highest BCUT2D eigenvalue weighted by Crippen LogP contribution is 2.21. The fourth-order valence-electron chi connectivity index (χ4n) is 2.69. The average molecular weight is 337 g/mol. The van der Waals surface area contributed by atoms with Crippen LogP contribution in [0.25, 0.3) is 0 Å². The predicted octanol–water partition coefficient (Wildman–Crippen LogP) is 3.29. The Labute approximate surface area is 138 Å². The fraction of sp³-hybridized carbons (Fsp3) is 0.375. The maximum atomic E-state index is 11.0. The van der Waals surface area contributed by atoms with Gasteiger partial charge in [-0.05, 0) is 30.7 Å². The molecule has 3 rings (SSSR count). The van der Waals surface area contributed by atoms with E-state index < -0.39 is 5.97 Å². The van der Waals surface area contributed by atoms with E-state index in [-0.39, 0.29) is 5.92 Å². The molecular weight excluding hydrogens is 320 g/mol. The average Bonchev–Trinajstić information content (AvgIpc) is 3.12. The molecule has 116 valence electrons. The van der Waals surface area contributed by atoms with Crippen molar-refractivity contribution in [1.82, 2.24) is 9.88 Å². The zero-order valence-corrected chi connectivity index (χ0v) is 13.6. The number of halogens is 1. The van der Waals surface area contributed by atoms with Crippen molar-refractivity contribution >= 4 is 28.9 Å². The number of aromatic nitrogens is 1. The summed E-state index contributed by atoms with van der Waals surface area (Å²) in [4.78, 5) is 17.8. The molecule has 0 amide bonds. The van der Waals surface area contributed by atoms with Gasteiger partial charge in [-0.1, -0.05) is 23.7 Å². The van der Waals surface area contributed by atoms with E-state index in [9.17, 15) is 4.79 Å². The van der Waals surface area contributed by atoms with Crippen LogP contribution in [-0.4, -0.2) is 34.0 Å². The molecule has 2 heterocycles. The Hall–Kier alpha value is -1.43. The number of nitrogens with zero attached hydrogens (tertiary/aromatic N) is 2. The van der Waals surface area contributed by atoms with E-state index in [1.165, 1.54) is 5.56 Å². The van der Waals surface area contributed by atoms with Crippen molar-refractivity contribution in [2.45, 2.75) is 19.4 Å². The number of likely N-dealkylation sites (tertiary alicyclic amines) is 1. The highest BCUT2D eigenvalue weighted by molar-refractivity contribution is 7.09. The van der Waals surface area contributed by atoms with Gasteiger partial charge in [-0.15, -0.1) is 11.3 Å². The Kier molecular flexibility index (Phi) is 4.76. The molecule has 1 aromatic carbocycles. The van der Waals surface area contributed by atoms with Gasteiger partial charge in [-0.2, -0.15) is 0 Å². The number of hydrogen-bond acceptors (Lipinski definition) is 4. The SMILES string of the molecule is O=C(O)C1CCN(Cc2csc(Cc3ccc(Cl)cc3)n2)C1. The second-order valence-corrected chi connectivity index (χ2v) is 6.97. The minimum Gasteiger partial charge on any atom is -0.481 e. The van der Waals surface area contributed by atoms with Gasteiger partial charge in [0.2, 0.25) is 0 Å². The highest BCUT2D eigenvalue weighted by Gasteiger charge is 2.28. The third-order valence-corrected chi connectivity index (χ3v) is 5.02. The molecular formula is C16H17ClN2O2S. The minimum atomic E-state index is -0.691. The molecule has 1 N–H and O–H groups in total. The van der Waals surface area contributed by atoms with Crippen LogP contribution in [0.3, 0.4) is 0 Å². The molecule has 1 saturated heterocycles. The summed E-state index contributed by atoms with van der Waals surface area (Å²) in [5, 5.41) is 12.9. The topological polar surface area (TPSA) is 53.4 Å². The largest absolute Gasteiger partial charge is 0.481 e. The van der Waals surface area contributed by atoms with Gasteiger partial charge in [0.25, 0.3) is 0 Å². The lowest BCUT2D eigenvalue weighted by atomic mass is 10.1. The van der Waals surface area contributed by atoms with Crippen LogP contribution in [0, 0.1) is 5.92 Å². The molecule has 0 spiro atoms. The maximum Gasteiger partial charge on any atom is 0.307 e. The zero-order valence-electron chi connectivity index (χ0n) is 12.0. The minimum absolute atomic E-state index is 0.229. The third-order valence-electron chi connectivity index (χ3n) is 3.88. The molecule has 6 heteroatoms. The summed E-state index contributed by atoms with van der Waals surface area (Å²) < 4.78 is 0. The summed E-state index contributed by atoms with van der Waals surface area (Å²) in [7, 11) is 0. The molecule has 1 fully saturated rings. The second kappa shape index (κ2) is 6.77. The Balaban J connectivity index is 1.57. The van der Waals surface area contributed by atoms with E-state index >= 15 is 0 Å². The Morgan fingerprint density at radius 2 is 2.18 bits per heavy atom. The van der Waals surface area contributed by atoms with Crippen LogP contribution in [-0.2, 0) is 17.8 Å². The number of benzene rings is 1. The number of carboxylic acid groups (broad SMARTS) is 1. The van der Waals surface area contributed by atoms with Gasteiger partial charge in [0.15, 0.2) is 0 Å². The van der Waals surface area contributed by atoms with Gasteiger partial charge in [-0.25, -0.2) is 4.98 Å². The van der Waals surface area contributed by atoms with Crippen molar-refractivity contribution in [2.75, 3.05) is 13.1 Å². The molecule has 0 saturated carbocycles. The fourth-order valence-corrected chi connectivity index (χ4v) is 3.63. The van der Waals surface area contributed by atoms with Crippen molar-refractivity contribution < 1.29 is 9.90 Å². The quantitative estimate of drug-likeness (QED) is 0.910. The van der Waals surface area contributed by atoms with Crippen molar-refractivity contribution in [3.63, 3.8) is 0 Å². The van der Waals surface area contributed by atoms with Crippen molar-refractivity contribution in [3.8, 4) is 0 Å². The summed E-state index contributed by atoms with van der Waals surface area (Å²) in [5.41, 5.74) is 2.22. The maximum absolute atomic E-state index is 11.0. The van der Waals surface area contributed by atoms with E-state index in [1.54, 1.807) is 11.3 Å². The van der Waals surface area contributed by atoms with Crippen molar-refractivity contribution in [1.29, 1.82) is 0 Å². The molecule has 1 atom stereocenters. The lowest BCUT2D eigenvalue weighted by molar-refractivity contribution is -0.141. The smallest absolute Gasteiger partial charge is 0.307 e. The number of carbonyl (C=O) groups is 1. The standard InChI is InChI=1S/C16H17ClN2O2S/c17-13-3-1-11(2-4-13)7-15-18-14(10-22-15)9-19-6-5-12(8-19)16(20)21/h1-4,10,12H,5-9H2,(H,20,21). The van der Waals surface area contributed by atoms with E-state index in [4.69, 9.17) is 16.7 Å². The van der Waals surface area contributed by atoms with Crippen LogP contribution in [0.15, 0.2) is 29.6 Å². The normalized spacial score (nSPS) is 18.7. The lowest BCUT2D eigenvalue weighted by Crippen LogP contribution is -2.22. The van der Waals surface area contributed by atoms with Gasteiger partial charge in [0.05, 0.1) is 16.6 Å². The van der Waals surface area contributed by atoms with E-state index in [1.807, 2.05) is 24.3 Å². The number of hydrogen-bond donors (Lipinski definition) is 1. The molecule has 2 aromatic rings. The summed E-state index contributed by atoms with van der Waals surface area (Å²) >= 11 is 7.54. The first-order valence-corrected chi connectivity index (χ1v) is 8.49. The first-order chi connectivity index (χ1) is 10.6. The van der Waals surface area contributed by atoms with E-state index in [0.717, 1.165) is 41.7 Å². The first-order valence-electron chi connectivity index (χ1n) is 7.23. The zero-order chi connectivity index (χ0) is 15.5. The van der Waals surface area contributed by atoms with Gasteiger partial charge < -0.3 is 5.11 Å². The Bertz CT molecular complexity index is 656. The summed E-state index contributed by atoms with van der Waals surface area (Å²) in [6.45, 7) is 2.20. The number of rotatable bonds is 5. The van der Waals surface area contributed by atoms with Gasteiger partial charge in [0.1, 0.15) is 0 Å². The molecule has 4 nitrogen and oxygen atoms in total. The molecule has 1 aliphatic heterocycles. The van der Waals surface area contributed by atoms with Crippen molar-refractivity contribution in [3.05, 3.63) is 50.9 Å². The summed E-state index contributed by atoms with van der Waals surface area (Å²) in [5.74, 6) is -0.920. The number of thiazole rings is 1. The molecule has 22 heavy (non-hydrogen) atoms. The first kappa shape index (κ1) is 15.5. The summed E-state index contributed by atoms with van der Waals surface area (Å²) in [6.07, 6.45) is 1.54. The summed E-state index contributed by atoms with van der Waals surface area (Å²) in [6, 6.07) is 7.81. The van der Waals surface area contributed by atoms with E-state index in [0.29, 0.717) is 6.54 Å². The Morgan fingerprint density at radius 1 is 1.41 bits per heavy atom. The van der Waals surface area contributed by atoms with Gasteiger partial charge in [-0.3, -0.25) is 9.69 Å². The predicted molar refractivity (Wildman–Crippen MR) is 87.4 cm³/mol. The number of carboxylic acids is 1. The molecule has 0 radical (unpaired) electrons. The van der Waals surface area contributed by atoms with Gasteiger partial charge in [0, 0.05) is 29.9 Å². The lowest BCUT2D eigenvalue weighted by Gasteiger charge is -2.12. The monoisotopic (exact) mass is 336 g/mol. The molecule has 0 aliphatic carbocycles. The molecule has 0 bridgehead atoms. The number of aliphatic carboxylic acids is 1. The van der Waals surface area contributed by atoms with Crippen molar-refractivity contribution in [2.24, 2.45) is 5.92 Å². The third kappa shape index (κ3) is 3.85. The van der Waals surface area contributed by atoms with Gasteiger partial charge >= 0.3 is 5.97 Å². The van der Waals surface area contributed by atoms with E-state index in [2.05, 4.69) is 15.3 Å². The van der Waals surface area contributed by atoms with Crippen LogP contribution in [0.1, 0.15) is 22.7 Å².